The lowest BCUT2D eigenvalue weighted by atomic mass is 10.1. The van der Waals surface area contributed by atoms with Gasteiger partial charge in [0.25, 0.3) is 5.91 Å². The highest BCUT2D eigenvalue weighted by molar-refractivity contribution is 7.09. The van der Waals surface area contributed by atoms with Crippen molar-refractivity contribution >= 4 is 28.3 Å². The van der Waals surface area contributed by atoms with Gasteiger partial charge in [-0.05, 0) is 36.4 Å². The number of carbonyl (C=O) groups is 1. The second-order valence-corrected chi connectivity index (χ2v) is 8.94. The van der Waals surface area contributed by atoms with E-state index in [0.29, 0.717) is 24.2 Å². The number of hydrogen-bond donors (Lipinski definition) is 2. The summed E-state index contributed by atoms with van der Waals surface area (Å²) in [6.07, 6.45) is 4.24. The molecule has 5 aromatic rings. The topological polar surface area (TPSA) is 88.5 Å². The van der Waals surface area contributed by atoms with Crippen LogP contribution >= 0.6 is 11.3 Å². The fourth-order valence-corrected chi connectivity index (χ4v) is 4.59. The van der Waals surface area contributed by atoms with Crippen molar-refractivity contribution in [2.45, 2.75) is 32.9 Å². The van der Waals surface area contributed by atoms with Crippen LogP contribution in [0.15, 0.2) is 66.3 Å². The number of hydrogen-bond acceptors (Lipinski definition) is 5. The van der Waals surface area contributed by atoms with E-state index in [0.717, 1.165) is 28.2 Å². The van der Waals surface area contributed by atoms with Gasteiger partial charge in [0.2, 0.25) is 0 Å². The molecule has 5 rings (SSSR count). The maximum absolute atomic E-state index is 13.3. The Balaban J connectivity index is 1.41. The van der Waals surface area contributed by atoms with E-state index < -0.39 is 0 Å². The van der Waals surface area contributed by atoms with E-state index in [1.807, 2.05) is 72.6 Å². The summed E-state index contributed by atoms with van der Waals surface area (Å²) in [6, 6.07) is 15.7. The first-order valence-corrected chi connectivity index (χ1v) is 11.8. The monoisotopic (exact) mass is 456 g/mol. The Hall–Kier alpha value is -3.78. The molecule has 1 amide bonds. The lowest BCUT2D eigenvalue weighted by molar-refractivity contribution is 0.0935. The first-order chi connectivity index (χ1) is 16.1. The van der Waals surface area contributed by atoms with Gasteiger partial charge in [-0.1, -0.05) is 43.3 Å². The third kappa shape index (κ3) is 4.29. The van der Waals surface area contributed by atoms with Gasteiger partial charge in [0.1, 0.15) is 5.82 Å². The lowest BCUT2D eigenvalue weighted by Gasteiger charge is -2.15. The Labute approximate surface area is 195 Å². The number of carbonyl (C=O) groups excluding carboxylic acids is 1. The molecule has 33 heavy (non-hydrogen) atoms. The van der Waals surface area contributed by atoms with Crippen LogP contribution in [0.3, 0.4) is 0 Å². The minimum absolute atomic E-state index is 0.161. The molecule has 1 unspecified atom stereocenters. The minimum atomic E-state index is -0.236. The normalized spacial score (nSPS) is 12.2. The summed E-state index contributed by atoms with van der Waals surface area (Å²) in [7, 11) is 0. The second kappa shape index (κ2) is 8.99. The SMILES string of the molecule is CCC(NC(=O)c1cc(C)nc2c1cnn2Cc1cccs1)c1ncc(-c2ccccc2)[nH]1. The van der Waals surface area contributed by atoms with Crippen molar-refractivity contribution in [3.8, 4) is 11.3 Å². The molecule has 0 aliphatic carbocycles. The molecule has 1 atom stereocenters. The summed E-state index contributed by atoms with van der Waals surface area (Å²) in [4.78, 5) is 27.1. The molecular weight excluding hydrogens is 432 g/mol. The van der Waals surface area contributed by atoms with Crippen molar-refractivity contribution < 1.29 is 4.79 Å². The van der Waals surface area contributed by atoms with Crippen molar-refractivity contribution in [3.05, 3.63) is 88.3 Å². The third-order valence-electron chi connectivity index (χ3n) is 5.59. The lowest BCUT2D eigenvalue weighted by Crippen LogP contribution is -2.29. The second-order valence-electron chi connectivity index (χ2n) is 7.91. The highest BCUT2D eigenvalue weighted by Crippen LogP contribution is 2.23. The first-order valence-electron chi connectivity index (χ1n) is 10.9. The maximum Gasteiger partial charge on any atom is 0.252 e. The number of nitrogens with zero attached hydrogens (tertiary/aromatic N) is 4. The predicted octanol–water partition coefficient (Wildman–Crippen LogP) is 5.12. The molecule has 0 spiro atoms. The van der Waals surface area contributed by atoms with Crippen molar-refractivity contribution in [1.82, 2.24) is 30.0 Å². The maximum atomic E-state index is 13.3. The van der Waals surface area contributed by atoms with Crippen molar-refractivity contribution in [2.75, 3.05) is 0 Å². The molecule has 0 aliphatic heterocycles. The van der Waals surface area contributed by atoms with E-state index in [1.165, 1.54) is 4.88 Å². The van der Waals surface area contributed by atoms with E-state index in [-0.39, 0.29) is 11.9 Å². The van der Waals surface area contributed by atoms with Gasteiger partial charge < -0.3 is 10.3 Å². The zero-order chi connectivity index (χ0) is 22.8. The molecule has 0 bridgehead atoms. The molecule has 8 heteroatoms. The molecule has 7 nitrogen and oxygen atoms in total. The Morgan fingerprint density at radius 3 is 2.79 bits per heavy atom. The van der Waals surface area contributed by atoms with Crippen molar-refractivity contribution in [2.24, 2.45) is 0 Å². The fourth-order valence-electron chi connectivity index (χ4n) is 3.90. The van der Waals surface area contributed by atoms with E-state index in [9.17, 15) is 4.79 Å². The standard InChI is InChI=1S/C25H24N6OS/c1-3-21(23-26-14-22(29-23)17-8-5-4-6-9-17)30-25(32)19-12-16(2)28-24-20(19)13-27-31(24)15-18-10-7-11-33-18/h4-14,21H,3,15H2,1-2H3,(H,26,29)(H,30,32). The number of aryl methyl sites for hydroxylation is 1. The number of pyridine rings is 1. The Kier molecular flexibility index (Phi) is 5.75. The summed E-state index contributed by atoms with van der Waals surface area (Å²) in [5.74, 6) is 0.575. The number of fused-ring (bicyclic) bond motifs is 1. The first kappa shape index (κ1) is 21.1. The van der Waals surface area contributed by atoms with Gasteiger partial charge in [0.05, 0.1) is 41.6 Å². The van der Waals surface area contributed by atoms with Gasteiger partial charge in [-0.25, -0.2) is 14.6 Å². The average molecular weight is 457 g/mol. The molecule has 0 saturated carbocycles. The van der Waals surface area contributed by atoms with Gasteiger partial charge in [-0.15, -0.1) is 11.3 Å². The molecule has 0 radical (unpaired) electrons. The van der Waals surface area contributed by atoms with Crippen LogP contribution < -0.4 is 5.32 Å². The van der Waals surface area contributed by atoms with Crippen LogP contribution in [-0.2, 0) is 6.54 Å². The number of amides is 1. The molecule has 0 aliphatic rings. The van der Waals surface area contributed by atoms with Crippen LogP contribution in [0.25, 0.3) is 22.3 Å². The molecule has 4 heterocycles. The molecule has 1 aromatic carbocycles. The Bertz CT molecular complexity index is 1390. The van der Waals surface area contributed by atoms with Gasteiger partial charge in [0, 0.05) is 10.6 Å². The van der Waals surface area contributed by atoms with Gasteiger partial charge in [-0.3, -0.25) is 4.79 Å². The molecule has 4 aromatic heterocycles. The zero-order valence-electron chi connectivity index (χ0n) is 18.4. The van der Waals surface area contributed by atoms with E-state index >= 15 is 0 Å². The number of aromatic amines is 1. The summed E-state index contributed by atoms with van der Waals surface area (Å²) in [6.45, 7) is 4.56. The predicted molar refractivity (Wildman–Crippen MR) is 130 cm³/mol. The average Bonchev–Trinajstić information content (AvgIpc) is 3.60. The van der Waals surface area contributed by atoms with Gasteiger partial charge in [0.15, 0.2) is 5.65 Å². The molecule has 2 N–H and O–H groups in total. The van der Waals surface area contributed by atoms with Crippen molar-refractivity contribution in [1.29, 1.82) is 0 Å². The van der Waals surface area contributed by atoms with Gasteiger partial charge >= 0.3 is 0 Å². The minimum Gasteiger partial charge on any atom is -0.342 e. The molecule has 166 valence electrons. The summed E-state index contributed by atoms with van der Waals surface area (Å²) >= 11 is 1.68. The summed E-state index contributed by atoms with van der Waals surface area (Å²) in [5, 5.41) is 10.4. The number of thiophene rings is 1. The Morgan fingerprint density at radius 1 is 1.18 bits per heavy atom. The summed E-state index contributed by atoms with van der Waals surface area (Å²) in [5.41, 5.74) is 4.05. The third-order valence-corrected chi connectivity index (χ3v) is 6.45. The Morgan fingerprint density at radius 2 is 2.03 bits per heavy atom. The highest BCUT2D eigenvalue weighted by Gasteiger charge is 2.21. The molecular formula is C25H24N6OS. The van der Waals surface area contributed by atoms with Crippen LogP contribution in [0.1, 0.15) is 46.1 Å². The largest absolute Gasteiger partial charge is 0.342 e. The van der Waals surface area contributed by atoms with Crippen LogP contribution in [0, 0.1) is 6.92 Å². The summed E-state index contributed by atoms with van der Waals surface area (Å²) < 4.78 is 1.85. The number of imidazole rings is 1. The fraction of sp³-hybridized carbons (Fsp3) is 0.200. The van der Waals surface area contributed by atoms with Crippen LogP contribution in [0.2, 0.25) is 0 Å². The quantitative estimate of drug-likeness (QED) is 0.356. The number of rotatable bonds is 7. The number of aromatic nitrogens is 5. The molecule has 0 saturated heterocycles. The molecule has 0 fully saturated rings. The van der Waals surface area contributed by atoms with Crippen molar-refractivity contribution in [3.63, 3.8) is 0 Å². The van der Waals surface area contributed by atoms with Crippen LogP contribution in [-0.4, -0.2) is 30.6 Å². The number of H-pyrrole nitrogens is 1. The van der Waals surface area contributed by atoms with Gasteiger partial charge in [-0.2, -0.15) is 5.10 Å². The van der Waals surface area contributed by atoms with E-state index in [4.69, 9.17) is 0 Å². The van der Waals surface area contributed by atoms with E-state index in [2.05, 4.69) is 31.4 Å². The van der Waals surface area contributed by atoms with E-state index in [1.54, 1.807) is 17.5 Å². The van der Waals surface area contributed by atoms with Crippen LogP contribution in [0.5, 0.6) is 0 Å². The number of benzene rings is 1. The zero-order valence-corrected chi connectivity index (χ0v) is 19.3. The smallest absolute Gasteiger partial charge is 0.252 e. The van der Waals surface area contributed by atoms with Crippen LogP contribution in [0.4, 0.5) is 0 Å². The highest BCUT2D eigenvalue weighted by atomic mass is 32.1. The number of nitrogens with one attached hydrogen (secondary N) is 2.